The molecule has 0 bridgehead atoms. The Morgan fingerprint density at radius 1 is 1.50 bits per heavy atom. The van der Waals surface area contributed by atoms with Crippen LogP contribution in [0, 0.1) is 0 Å². The molecule has 0 saturated carbocycles. The Bertz CT molecular complexity index is 172. The molecule has 1 unspecified atom stereocenters. The van der Waals surface area contributed by atoms with E-state index in [-0.39, 0.29) is 18.6 Å². The number of hydrogen-bond acceptors (Lipinski definition) is 3. The molecule has 0 aromatic rings. The van der Waals surface area contributed by atoms with Crippen molar-refractivity contribution in [3.05, 3.63) is 0 Å². The zero-order valence-corrected chi connectivity index (χ0v) is 9.36. The van der Waals surface area contributed by atoms with Crippen LogP contribution in [0.1, 0.15) is 33.6 Å². The Kier molecular flexibility index (Phi) is 6.49. The summed E-state index contributed by atoms with van der Waals surface area (Å²) in [7, 11) is 0. The van der Waals surface area contributed by atoms with Crippen LogP contribution in [-0.4, -0.2) is 41.1 Å². The van der Waals surface area contributed by atoms with E-state index in [9.17, 15) is 4.79 Å². The molecule has 0 saturated heterocycles. The zero-order chi connectivity index (χ0) is 11.1. The van der Waals surface area contributed by atoms with Crippen molar-refractivity contribution in [2.75, 3.05) is 13.2 Å². The summed E-state index contributed by atoms with van der Waals surface area (Å²) in [5, 5.41) is 8.71. The highest BCUT2D eigenvalue weighted by atomic mass is 16.3. The van der Waals surface area contributed by atoms with Gasteiger partial charge in [0.25, 0.3) is 0 Å². The molecular weight excluding hydrogens is 180 g/mol. The fourth-order valence-electron chi connectivity index (χ4n) is 1.25. The third kappa shape index (κ3) is 4.07. The quantitative estimate of drug-likeness (QED) is 0.653. The van der Waals surface area contributed by atoms with Crippen molar-refractivity contribution in [3.8, 4) is 0 Å². The van der Waals surface area contributed by atoms with E-state index in [0.29, 0.717) is 19.4 Å². The molecule has 4 heteroatoms. The molecule has 1 amide bonds. The molecule has 0 rings (SSSR count). The molecule has 14 heavy (non-hydrogen) atoms. The van der Waals surface area contributed by atoms with Crippen LogP contribution in [-0.2, 0) is 4.79 Å². The normalized spacial score (nSPS) is 13.0. The van der Waals surface area contributed by atoms with Gasteiger partial charge in [-0.25, -0.2) is 0 Å². The molecule has 0 aliphatic heterocycles. The number of nitrogens with two attached hydrogens (primary N) is 1. The fourth-order valence-corrected chi connectivity index (χ4v) is 1.25. The Hall–Kier alpha value is -0.610. The van der Waals surface area contributed by atoms with E-state index in [1.165, 1.54) is 0 Å². The van der Waals surface area contributed by atoms with Crippen LogP contribution in [0.15, 0.2) is 0 Å². The second-order valence-corrected chi connectivity index (χ2v) is 3.72. The van der Waals surface area contributed by atoms with Gasteiger partial charge in [-0.3, -0.25) is 4.79 Å². The van der Waals surface area contributed by atoms with Gasteiger partial charge in [-0.05, 0) is 26.7 Å². The van der Waals surface area contributed by atoms with Crippen molar-refractivity contribution in [1.29, 1.82) is 0 Å². The number of carbonyl (C=O) groups excluding carboxylic acids is 1. The molecule has 1 atom stereocenters. The van der Waals surface area contributed by atoms with Gasteiger partial charge in [0.15, 0.2) is 0 Å². The molecule has 4 nitrogen and oxygen atoms in total. The minimum atomic E-state index is -0.406. The van der Waals surface area contributed by atoms with Crippen LogP contribution in [0.3, 0.4) is 0 Å². The number of hydrogen-bond donors (Lipinski definition) is 2. The molecule has 0 fully saturated rings. The van der Waals surface area contributed by atoms with Crippen LogP contribution >= 0.6 is 0 Å². The lowest BCUT2D eigenvalue weighted by atomic mass is 10.1. The summed E-state index contributed by atoms with van der Waals surface area (Å²) in [5.74, 6) is -0.0176. The van der Waals surface area contributed by atoms with Crippen LogP contribution in [0.5, 0.6) is 0 Å². The second kappa shape index (κ2) is 6.79. The summed E-state index contributed by atoms with van der Waals surface area (Å²) in [5.41, 5.74) is 5.67. The van der Waals surface area contributed by atoms with Gasteiger partial charge < -0.3 is 15.7 Å². The molecule has 0 radical (unpaired) electrons. The number of amides is 1. The highest BCUT2D eigenvalue weighted by molar-refractivity contribution is 5.81. The number of aliphatic hydroxyl groups excluding tert-OH is 1. The van der Waals surface area contributed by atoms with Gasteiger partial charge in [-0.1, -0.05) is 6.92 Å². The lowest BCUT2D eigenvalue weighted by molar-refractivity contribution is -0.134. The van der Waals surface area contributed by atoms with E-state index in [2.05, 4.69) is 0 Å². The van der Waals surface area contributed by atoms with E-state index < -0.39 is 6.04 Å². The van der Waals surface area contributed by atoms with Crippen LogP contribution in [0.25, 0.3) is 0 Å². The Morgan fingerprint density at radius 2 is 2.07 bits per heavy atom. The molecule has 0 aromatic carbocycles. The summed E-state index contributed by atoms with van der Waals surface area (Å²) in [4.78, 5) is 13.5. The maximum absolute atomic E-state index is 11.7. The summed E-state index contributed by atoms with van der Waals surface area (Å²) in [6.45, 7) is 6.50. The van der Waals surface area contributed by atoms with Gasteiger partial charge in [-0.15, -0.1) is 0 Å². The minimum absolute atomic E-state index is 0.0176. The first-order chi connectivity index (χ1) is 6.54. The molecular formula is C10H22N2O2. The first kappa shape index (κ1) is 13.4. The molecule has 0 heterocycles. The monoisotopic (exact) mass is 202 g/mol. The number of rotatable bonds is 6. The van der Waals surface area contributed by atoms with Crippen LogP contribution in [0.4, 0.5) is 0 Å². The molecule has 0 spiro atoms. The molecule has 0 aliphatic carbocycles. The van der Waals surface area contributed by atoms with Crippen molar-refractivity contribution < 1.29 is 9.90 Å². The molecule has 3 N–H and O–H groups in total. The first-order valence-electron chi connectivity index (χ1n) is 5.21. The predicted molar refractivity (Wildman–Crippen MR) is 56.8 cm³/mol. The largest absolute Gasteiger partial charge is 0.396 e. The summed E-state index contributed by atoms with van der Waals surface area (Å²) in [6, 6.07) is -0.261. The second-order valence-electron chi connectivity index (χ2n) is 3.72. The Balaban J connectivity index is 4.25. The highest BCUT2D eigenvalue weighted by Crippen LogP contribution is 2.04. The Morgan fingerprint density at radius 3 is 2.43 bits per heavy atom. The first-order valence-corrected chi connectivity index (χ1v) is 5.21. The maximum Gasteiger partial charge on any atom is 0.239 e. The molecule has 84 valence electrons. The average molecular weight is 202 g/mol. The van der Waals surface area contributed by atoms with Crippen LogP contribution < -0.4 is 5.73 Å². The molecule has 0 aliphatic rings. The van der Waals surface area contributed by atoms with Gasteiger partial charge in [0.05, 0.1) is 6.04 Å². The number of carbonyl (C=O) groups is 1. The highest BCUT2D eigenvalue weighted by Gasteiger charge is 2.21. The smallest absolute Gasteiger partial charge is 0.239 e. The fraction of sp³-hybridized carbons (Fsp3) is 0.900. The molecule has 0 aromatic heterocycles. The van der Waals surface area contributed by atoms with Gasteiger partial charge in [0, 0.05) is 19.2 Å². The maximum atomic E-state index is 11.7. The van der Waals surface area contributed by atoms with Crippen LogP contribution in [0.2, 0.25) is 0 Å². The third-order valence-electron chi connectivity index (χ3n) is 2.22. The van der Waals surface area contributed by atoms with Crippen molar-refractivity contribution in [1.82, 2.24) is 4.90 Å². The van der Waals surface area contributed by atoms with Crippen molar-refractivity contribution in [2.45, 2.75) is 45.7 Å². The topological polar surface area (TPSA) is 66.6 Å². The van der Waals surface area contributed by atoms with Gasteiger partial charge in [0.1, 0.15) is 0 Å². The third-order valence-corrected chi connectivity index (χ3v) is 2.22. The summed E-state index contributed by atoms with van der Waals surface area (Å²) >= 11 is 0. The standard InChI is InChI=1S/C10H22N2O2/c1-4-9(11)10(14)12(8(2)3)6-5-7-13/h8-9,13H,4-7,11H2,1-3H3. The summed E-state index contributed by atoms with van der Waals surface area (Å²) < 4.78 is 0. The summed E-state index contributed by atoms with van der Waals surface area (Å²) in [6.07, 6.45) is 1.27. The van der Waals surface area contributed by atoms with Crippen molar-refractivity contribution in [2.24, 2.45) is 5.73 Å². The number of nitrogens with zero attached hydrogens (tertiary/aromatic N) is 1. The van der Waals surface area contributed by atoms with Crippen molar-refractivity contribution >= 4 is 5.91 Å². The minimum Gasteiger partial charge on any atom is -0.396 e. The van der Waals surface area contributed by atoms with Gasteiger partial charge in [-0.2, -0.15) is 0 Å². The van der Waals surface area contributed by atoms with E-state index in [1.807, 2.05) is 20.8 Å². The van der Waals surface area contributed by atoms with Gasteiger partial charge in [0.2, 0.25) is 5.91 Å². The predicted octanol–water partition coefficient (Wildman–Crippen LogP) is 0.343. The van der Waals surface area contributed by atoms with E-state index in [0.717, 1.165) is 0 Å². The Labute approximate surface area is 86.1 Å². The lowest BCUT2D eigenvalue weighted by Crippen LogP contribution is -2.47. The van der Waals surface area contributed by atoms with E-state index in [1.54, 1.807) is 4.90 Å². The van der Waals surface area contributed by atoms with Gasteiger partial charge >= 0.3 is 0 Å². The average Bonchev–Trinajstić information content (AvgIpc) is 2.16. The zero-order valence-electron chi connectivity index (χ0n) is 9.36. The lowest BCUT2D eigenvalue weighted by Gasteiger charge is -2.28. The number of aliphatic hydroxyl groups is 1. The van der Waals surface area contributed by atoms with E-state index >= 15 is 0 Å². The van der Waals surface area contributed by atoms with Crippen molar-refractivity contribution in [3.63, 3.8) is 0 Å². The van der Waals surface area contributed by atoms with E-state index in [4.69, 9.17) is 10.8 Å². The SMILES string of the molecule is CCC(N)C(=O)N(CCCO)C(C)C.